The molecule has 186 valence electrons. The molecule has 3 heterocycles. The van der Waals surface area contributed by atoms with Gasteiger partial charge in [0.25, 0.3) is 0 Å². The smallest absolute Gasteiger partial charge is 0.236 e. The lowest BCUT2D eigenvalue weighted by molar-refractivity contribution is -0.113. The van der Waals surface area contributed by atoms with Gasteiger partial charge in [0.05, 0.1) is 31.2 Å². The Morgan fingerprint density at radius 3 is 2.61 bits per heavy atom. The Labute approximate surface area is 222 Å². The SMILES string of the molecule is Cc1ccc(-c2csc(NC(=O)CSc3nnc(CN4CCOCC4)n3-c3ccc(Cl)cc3)n2)cc1. The molecule has 4 aromatic rings. The van der Waals surface area contributed by atoms with Gasteiger partial charge in [0, 0.05) is 34.7 Å². The van der Waals surface area contributed by atoms with E-state index in [2.05, 4.69) is 25.4 Å². The number of aromatic nitrogens is 4. The Morgan fingerprint density at radius 1 is 1.11 bits per heavy atom. The highest BCUT2D eigenvalue weighted by Crippen LogP contribution is 2.27. The largest absolute Gasteiger partial charge is 0.379 e. The lowest BCUT2D eigenvalue weighted by Gasteiger charge is -2.26. The van der Waals surface area contributed by atoms with Crippen molar-refractivity contribution in [2.45, 2.75) is 18.6 Å². The van der Waals surface area contributed by atoms with E-state index in [1.165, 1.54) is 28.7 Å². The van der Waals surface area contributed by atoms with Crippen LogP contribution in [0.3, 0.4) is 0 Å². The van der Waals surface area contributed by atoms with Gasteiger partial charge < -0.3 is 10.1 Å². The Hall–Kier alpha value is -2.76. The molecule has 0 aliphatic carbocycles. The number of benzene rings is 2. The van der Waals surface area contributed by atoms with Crippen molar-refractivity contribution in [3.05, 3.63) is 70.3 Å². The number of ether oxygens (including phenoxy) is 1. The predicted molar refractivity (Wildman–Crippen MR) is 144 cm³/mol. The van der Waals surface area contributed by atoms with E-state index in [0.29, 0.717) is 35.1 Å². The second-order valence-corrected chi connectivity index (χ2v) is 10.6. The van der Waals surface area contributed by atoms with Crippen molar-refractivity contribution in [1.82, 2.24) is 24.6 Å². The van der Waals surface area contributed by atoms with Crippen LogP contribution in [0.4, 0.5) is 5.13 Å². The molecule has 2 aromatic heterocycles. The zero-order chi connectivity index (χ0) is 24.9. The van der Waals surface area contributed by atoms with E-state index in [9.17, 15) is 4.79 Å². The number of carbonyl (C=O) groups is 1. The topological polar surface area (TPSA) is 85.2 Å². The van der Waals surface area contributed by atoms with Crippen LogP contribution in [0, 0.1) is 6.92 Å². The molecular formula is C25H25ClN6O2S2. The summed E-state index contributed by atoms with van der Waals surface area (Å²) in [5.41, 5.74) is 3.96. The molecule has 11 heteroatoms. The van der Waals surface area contributed by atoms with Crippen LogP contribution in [0.1, 0.15) is 11.4 Å². The number of hydrogen-bond donors (Lipinski definition) is 1. The van der Waals surface area contributed by atoms with Crippen molar-refractivity contribution in [3.63, 3.8) is 0 Å². The highest BCUT2D eigenvalue weighted by Gasteiger charge is 2.20. The van der Waals surface area contributed by atoms with Crippen LogP contribution in [0.25, 0.3) is 16.9 Å². The number of anilines is 1. The number of carbonyl (C=O) groups excluding carboxylic acids is 1. The first kappa shape index (κ1) is 24.9. The van der Waals surface area contributed by atoms with Gasteiger partial charge in [-0.1, -0.05) is 53.2 Å². The number of halogens is 1. The van der Waals surface area contributed by atoms with Crippen LogP contribution in [0.5, 0.6) is 0 Å². The van der Waals surface area contributed by atoms with Crippen LogP contribution in [0.2, 0.25) is 5.02 Å². The van der Waals surface area contributed by atoms with Gasteiger partial charge >= 0.3 is 0 Å². The maximum atomic E-state index is 12.7. The first-order valence-corrected chi connectivity index (χ1v) is 13.7. The molecule has 0 saturated carbocycles. The molecule has 1 amide bonds. The maximum Gasteiger partial charge on any atom is 0.236 e. The number of nitrogens with zero attached hydrogens (tertiary/aromatic N) is 5. The van der Waals surface area contributed by atoms with Gasteiger partial charge in [0.15, 0.2) is 16.1 Å². The number of nitrogens with one attached hydrogen (secondary N) is 1. The number of hydrogen-bond acceptors (Lipinski definition) is 8. The third-order valence-corrected chi connectivity index (χ3v) is 7.62. The number of aryl methyl sites for hydroxylation is 1. The van der Waals surface area contributed by atoms with E-state index >= 15 is 0 Å². The molecule has 0 unspecified atom stereocenters. The molecule has 0 atom stereocenters. The van der Waals surface area contributed by atoms with Gasteiger partial charge in [-0.25, -0.2) is 4.98 Å². The first-order chi connectivity index (χ1) is 17.5. The third-order valence-electron chi connectivity index (χ3n) is 5.68. The number of thiazole rings is 1. The fraction of sp³-hybridized carbons (Fsp3) is 0.280. The van der Waals surface area contributed by atoms with Gasteiger partial charge in [-0.3, -0.25) is 14.3 Å². The molecule has 5 rings (SSSR count). The van der Waals surface area contributed by atoms with E-state index in [4.69, 9.17) is 16.3 Å². The molecule has 8 nitrogen and oxygen atoms in total. The summed E-state index contributed by atoms with van der Waals surface area (Å²) >= 11 is 8.86. The minimum atomic E-state index is -0.148. The summed E-state index contributed by atoms with van der Waals surface area (Å²) in [5.74, 6) is 0.845. The summed E-state index contributed by atoms with van der Waals surface area (Å²) < 4.78 is 7.45. The molecule has 1 N–H and O–H groups in total. The Morgan fingerprint density at radius 2 is 1.86 bits per heavy atom. The van der Waals surface area contributed by atoms with E-state index in [1.807, 2.05) is 65.4 Å². The zero-order valence-electron chi connectivity index (χ0n) is 19.7. The molecule has 0 bridgehead atoms. The van der Waals surface area contributed by atoms with E-state index in [1.54, 1.807) is 0 Å². The summed E-state index contributed by atoms with van der Waals surface area (Å²) in [4.78, 5) is 19.6. The standard InChI is InChI=1S/C25H25ClN6O2S2/c1-17-2-4-18(5-3-17)21-15-35-24(27-21)28-23(33)16-36-25-30-29-22(14-31-10-12-34-13-11-31)32(25)20-8-6-19(26)7-9-20/h2-9,15H,10-14,16H2,1H3,(H,27,28,33). The fourth-order valence-corrected chi connectivity index (χ4v) is 5.41. The van der Waals surface area contributed by atoms with Crippen LogP contribution >= 0.6 is 34.7 Å². The monoisotopic (exact) mass is 540 g/mol. The number of morpholine rings is 1. The summed E-state index contributed by atoms with van der Waals surface area (Å²) in [6.07, 6.45) is 0. The molecule has 1 aliphatic heterocycles. The van der Waals surface area contributed by atoms with Crippen molar-refractivity contribution in [3.8, 4) is 16.9 Å². The van der Waals surface area contributed by atoms with E-state index < -0.39 is 0 Å². The Balaban J connectivity index is 1.27. The third kappa shape index (κ3) is 6.13. The average molecular weight is 541 g/mol. The number of amides is 1. The molecular weight excluding hydrogens is 516 g/mol. The molecule has 1 fully saturated rings. The van der Waals surface area contributed by atoms with Crippen molar-refractivity contribution in [2.24, 2.45) is 0 Å². The average Bonchev–Trinajstić information content (AvgIpc) is 3.51. The van der Waals surface area contributed by atoms with Gasteiger partial charge in [0.1, 0.15) is 0 Å². The van der Waals surface area contributed by atoms with Crippen molar-refractivity contribution >= 4 is 45.7 Å². The lowest BCUT2D eigenvalue weighted by Crippen LogP contribution is -2.36. The second-order valence-electron chi connectivity index (χ2n) is 8.34. The van der Waals surface area contributed by atoms with Crippen LogP contribution in [-0.2, 0) is 16.1 Å². The molecule has 0 spiro atoms. The normalized spacial score (nSPS) is 14.2. The van der Waals surface area contributed by atoms with Gasteiger partial charge in [-0.2, -0.15) is 0 Å². The fourth-order valence-electron chi connectivity index (χ4n) is 3.78. The summed E-state index contributed by atoms with van der Waals surface area (Å²) in [5, 5.41) is 15.6. The predicted octanol–water partition coefficient (Wildman–Crippen LogP) is 4.92. The second kappa shape index (κ2) is 11.5. The Kier molecular flexibility index (Phi) is 7.98. The van der Waals surface area contributed by atoms with Crippen molar-refractivity contribution in [1.29, 1.82) is 0 Å². The van der Waals surface area contributed by atoms with Gasteiger partial charge in [-0.15, -0.1) is 21.5 Å². The van der Waals surface area contributed by atoms with E-state index in [-0.39, 0.29) is 11.7 Å². The molecule has 2 aromatic carbocycles. The molecule has 36 heavy (non-hydrogen) atoms. The van der Waals surface area contributed by atoms with E-state index in [0.717, 1.165) is 35.9 Å². The highest BCUT2D eigenvalue weighted by atomic mass is 35.5. The van der Waals surface area contributed by atoms with Crippen LogP contribution in [-0.4, -0.2) is 62.6 Å². The maximum absolute atomic E-state index is 12.7. The van der Waals surface area contributed by atoms with Gasteiger partial charge in [-0.05, 0) is 31.2 Å². The molecule has 1 saturated heterocycles. The van der Waals surface area contributed by atoms with Crippen molar-refractivity contribution < 1.29 is 9.53 Å². The zero-order valence-corrected chi connectivity index (χ0v) is 22.1. The minimum absolute atomic E-state index is 0.148. The Bertz CT molecular complexity index is 1320. The van der Waals surface area contributed by atoms with Gasteiger partial charge in [0.2, 0.25) is 5.91 Å². The number of rotatable bonds is 8. The summed E-state index contributed by atoms with van der Waals surface area (Å²) in [7, 11) is 0. The molecule has 1 aliphatic rings. The summed E-state index contributed by atoms with van der Waals surface area (Å²) in [6.45, 7) is 5.80. The minimum Gasteiger partial charge on any atom is -0.379 e. The first-order valence-electron chi connectivity index (χ1n) is 11.5. The number of thioether (sulfide) groups is 1. The quantitative estimate of drug-likeness (QED) is 0.318. The molecule has 0 radical (unpaired) electrons. The van der Waals surface area contributed by atoms with Crippen molar-refractivity contribution in [2.75, 3.05) is 37.4 Å². The highest BCUT2D eigenvalue weighted by molar-refractivity contribution is 7.99. The summed E-state index contributed by atoms with van der Waals surface area (Å²) in [6, 6.07) is 15.7. The lowest BCUT2D eigenvalue weighted by atomic mass is 10.1. The van der Waals surface area contributed by atoms with Crippen LogP contribution in [0.15, 0.2) is 59.1 Å². The van der Waals surface area contributed by atoms with Crippen LogP contribution < -0.4 is 5.32 Å².